The highest BCUT2D eigenvalue weighted by Crippen LogP contribution is 2.28. The maximum absolute atomic E-state index is 12.5. The SMILES string of the molecule is C=CCn1c(SCC(=O)Nc2ccc(C(=O)N(C)C)cc2)nnc1-c1ccc(C(C)(C)C)cc1. The first kappa shape index (κ1) is 25.2. The number of hydrogen-bond donors (Lipinski definition) is 1. The minimum atomic E-state index is -0.166. The highest BCUT2D eigenvalue weighted by Gasteiger charge is 2.17. The first-order valence-corrected chi connectivity index (χ1v) is 12.0. The van der Waals surface area contributed by atoms with Crippen LogP contribution in [0.15, 0.2) is 66.3 Å². The number of amides is 2. The van der Waals surface area contributed by atoms with E-state index in [0.29, 0.717) is 23.0 Å². The third-order valence-corrected chi connectivity index (χ3v) is 6.16. The van der Waals surface area contributed by atoms with Crippen LogP contribution in [0.2, 0.25) is 0 Å². The van der Waals surface area contributed by atoms with E-state index in [1.165, 1.54) is 22.2 Å². The fourth-order valence-electron chi connectivity index (χ4n) is 3.30. The van der Waals surface area contributed by atoms with Crippen molar-refractivity contribution in [3.8, 4) is 11.4 Å². The zero-order valence-corrected chi connectivity index (χ0v) is 21.1. The number of anilines is 1. The summed E-state index contributed by atoms with van der Waals surface area (Å²) in [6, 6.07) is 15.2. The van der Waals surface area contributed by atoms with Crippen LogP contribution in [-0.4, -0.2) is 51.3 Å². The summed E-state index contributed by atoms with van der Waals surface area (Å²) in [6.07, 6.45) is 1.79. The fraction of sp³-hybridized carbons (Fsp3) is 0.308. The number of carbonyl (C=O) groups excluding carboxylic acids is 2. The van der Waals surface area contributed by atoms with E-state index in [2.05, 4.69) is 67.1 Å². The zero-order chi connectivity index (χ0) is 24.9. The van der Waals surface area contributed by atoms with E-state index in [1.54, 1.807) is 44.4 Å². The van der Waals surface area contributed by atoms with Crippen LogP contribution in [0, 0.1) is 0 Å². The monoisotopic (exact) mass is 477 g/mol. The van der Waals surface area contributed by atoms with Crippen molar-refractivity contribution in [2.45, 2.75) is 37.9 Å². The van der Waals surface area contributed by atoms with E-state index in [-0.39, 0.29) is 23.0 Å². The topological polar surface area (TPSA) is 80.1 Å². The predicted molar refractivity (Wildman–Crippen MR) is 138 cm³/mol. The van der Waals surface area contributed by atoms with Gasteiger partial charge in [0.05, 0.1) is 5.75 Å². The van der Waals surface area contributed by atoms with Gasteiger partial charge in [-0.25, -0.2) is 0 Å². The van der Waals surface area contributed by atoms with Gasteiger partial charge in [-0.2, -0.15) is 0 Å². The summed E-state index contributed by atoms with van der Waals surface area (Å²) in [5.74, 6) is 0.667. The summed E-state index contributed by atoms with van der Waals surface area (Å²) >= 11 is 1.32. The largest absolute Gasteiger partial charge is 0.345 e. The molecular formula is C26H31N5O2S. The van der Waals surface area contributed by atoms with Gasteiger partial charge in [-0.1, -0.05) is 62.9 Å². The van der Waals surface area contributed by atoms with Crippen LogP contribution in [0.25, 0.3) is 11.4 Å². The molecule has 3 rings (SSSR count). The van der Waals surface area contributed by atoms with Gasteiger partial charge >= 0.3 is 0 Å². The minimum Gasteiger partial charge on any atom is -0.345 e. The van der Waals surface area contributed by atoms with Gasteiger partial charge in [-0.15, -0.1) is 16.8 Å². The van der Waals surface area contributed by atoms with Gasteiger partial charge in [0.2, 0.25) is 5.91 Å². The van der Waals surface area contributed by atoms with Gasteiger partial charge in [-0.3, -0.25) is 14.2 Å². The Kier molecular flexibility index (Phi) is 7.94. The first-order valence-electron chi connectivity index (χ1n) is 11.0. The highest BCUT2D eigenvalue weighted by molar-refractivity contribution is 7.99. The van der Waals surface area contributed by atoms with Crippen molar-refractivity contribution in [2.75, 3.05) is 25.2 Å². The van der Waals surface area contributed by atoms with E-state index in [9.17, 15) is 9.59 Å². The number of nitrogens with one attached hydrogen (secondary N) is 1. The smallest absolute Gasteiger partial charge is 0.253 e. The molecule has 2 amide bonds. The average Bonchev–Trinajstić information content (AvgIpc) is 3.20. The van der Waals surface area contributed by atoms with E-state index >= 15 is 0 Å². The summed E-state index contributed by atoms with van der Waals surface area (Å²) in [6.45, 7) is 10.9. The molecule has 0 aliphatic carbocycles. The lowest BCUT2D eigenvalue weighted by Crippen LogP contribution is -2.21. The second kappa shape index (κ2) is 10.7. The van der Waals surface area contributed by atoms with Crippen molar-refractivity contribution in [3.63, 3.8) is 0 Å². The van der Waals surface area contributed by atoms with Crippen LogP contribution in [0.3, 0.4) is 0 Å². The Balaban J connectivity index is 1.68. The van der Waals surface area contributed by atoms with Gasteiger partial charge in [-0.05, 0) is 35.2 Å². The quantitative estimate of drug-likeness (QED) is 0.370. The lowest BCUT2D eigenvalue weighted by Gasteiger charge is -2.19. The average molecular weight is 478 g/mol. The number of aromatic nitrogens is 3. The molecule has 0 saturated heterocycles. The standard InChI is InChI=1S/C26H31N5O2S/c1-7-16-31-23(18-8-12-20(13-9-18)26(2,3)4)28-29-25(31)34-17-22(32)27-21-14-10-19(11-15-21)24(33)30(5)6/h7-15H,1,16-17H2,2-6H3,(H,27,32). The molecule has 3 aromatic rings. The second-order valence-electron chi connectivity index (χ2n) is 9.15. The number of rotatable bonds is 8. The molecule has 0 bridgehead atoms. The number of nitrogens with zero attached hydrogens (tertiary/aromatic N) is 4. The number of benzene rings is 2. The molecule has 0 spiro atoms. The lowest BCUT2D eigenvalue weighted by molar-refractivity contribution is -0.113. The Morgan fingerprint density at radius 3 is 2.26 bits per heavy atom. The Hall–Kier alpha value is -3.39. The molecule has 0 saturated carbocycles. The maximum Gasteiger partial charge on any atom is 0.253 e. The van der Waals surface area contributed by atoms with E-state index in [4.69, 9.17) is 0 Å². The van der Waals surface area contributed by atoms with Gasteiger partial charge in [0.25, 0.3) is 5.91 Å². The minimum absolute atomic E-state index is 0.0733. The Morgan fingerprint density at radius 2 is 1.71 bits per heavy atom. The summed E-state index contributed by atoms with van der Waals surface area (Å²) < 4.78 is 1.96. The molecule has 0 aliphatic heterocycles. The Bertz CT molecular complexity index is 1160. The van der Waals surface area contributed by atoms with Crippen LogP contribution in [0.4, 0.5) is 5.69 Å². The molecule has 8 heteroatoms. The van der Waals surface area contributed by atoms with Gasteiger partial charge < -0.3 is 10.2 Å². The maximum atomic E-state index is 12.5. The summed E-state index contributed by atoms with van der Waals surface area (Å²) in [5, 5.41) is 12.2. The molecule has 2 aromatic carbocycles. The summed E-state index contributed by atoms with van der Waals surface area (Å²) in [5.41, 5.74) is 3.48. The summed E-state index contributed by atoms with van der Waals surface area (Å²) in [4.78, 5) is 26.0. The fourth-order valence-corrected chi connectivity index (χ4v) is 4.05. The van der Waals surface area contributed by atoms with Crippen LogP contribution < -0.4 is 5.32 Å². The molecule has 1 aromatic heterocycles. The second-order valence-corrected chi connectivity index (χ2v) is 10.1. The van der Waals surface area contributed by atoms with Crippen LogP contribution in [-0.2, 0) is 16.8 Å². The molecule has 0 fully saturated rings. The lowest BCUT2D eigenvalue weighted by atomic mass is 9.87. The third-order valence-electron chi connectivity index (χ3n) is 5.19. The molecule has 178 valence electrons. The summed E-state index contributed by atoms with van der Waals surface area (Å²) in [7, 11) is 3.40. The number of carbonyl (C=O) groups is 2. The normalized spacial score (nSPS) is 11.2. The molecule has 0 radical (unpaired) electrons. The van der Waals surface area contributed by atoms with Gasteiger partial charge in [0.1, 0.15) is 0 Å². The van der Waals surface area contributed by atoms with Crippen LogP contribution >= 0.6 is 11.8 Å². The van der Waals surface area contributed by atoms with Gasteiger partial charge in [0.15, 0.2) is 11.0 Å². The molecular weight excluding hydrogens is 446 g/mol. The zero-order valence-electron chi connectivity index (χ0n) is 20.3. The molecule has 7 nitrogen and oxygen atoms in total. The van der Waals surface area contributed by atoms with E-state index in [1.807, 2.05) is 4.57 Å². The molecule has 0 aliphatic rings. The van der Waals surface area contributed by atoms with Gasteiger partial charge in [0, 0.05) is 37.5 Å². The third kappa shape index (κ3) is 6.14. The van der Waals surface area contributed by atoms with Crippen molar-refractivity contribution in [1.82, 2.24) is 19.7 Å². The Morgan fingerprint density at radius 1 is 1.06 bits per heavy atom. The molecule has 1 heterocycles. The van der Waals surface area contributed by atoms with E-state index < -0.39 is 0 Å². The molecule has 1 N–H and O–H groups in total. The number of thioether (sulfide) groups is 1. The van der Waals surface area contributed by atoms with Crippen molar-refractivity contribution >= 4 is 29.3 Å². The van der Waals surface area contributed by atoms with Crippen LogP contribution in [0.5, 0.6) is 0 Å². The van der Waals surface area contributed by atoms with Crippen molar-refractivity contribution in [1.29, 1.82) is 0 Å². The highest BCUT2D eigenvalue weighted by atomic mass is 32.2. The van der Waals surface area contributed by atoms with E-state index in [0.717, 1.165) is 11.4 Å². The molecule has 0 atom stereocenters. The van der Waals surface area contributed by atoms with Crippen LogP contribution in [0.1, 0.15) is 36.7 Å². The number of hydrogen-bond acceptors (Lipinski definition) is 5. The molecule has 34 heavy (non-hydrogen) atoms. The van der Waals surface area contributed by atoms with Crippen molar-refractivity contribution < 1.29 is 9.59 Å². The first-order chi connectivity index (χ1) is 16.1. The Labute approximate surface area is 205 Å². The predicted octanol–water partition coefficient (Wildman–Crippen LogP) is 4.86. The molecule has 0 unspecified atom stereocenters. The van der Waals surface area contributed by atoms with Crippen molar-refractivity contribution in [2.24, 2.45) is 0 Å². The number of allylic oxidation sites excluding steroid dienone is 1. The van der Waals surface area contributed by atoms with Crippen molar-refractivity contribution in [3.05, 3.63) is 72.3 Å².